The molecule has 0 fully saturated rings. The van der Waals surface area contributed by atoms with Crippen LogP contribution in [0, 0.1) is 5.92 Å². The van der Waals surface area contributed by atoms with Crippen molar-refractivity contribution in [2.24, 2.45) is 5.92 Å². The first kappa shape index (κ1) is 24.2. The van der Waals surface area contributed by atoms with E-state index >= 15 is 0 Å². The molecule has 0 aliphatic rings. The van der Waals surface area contributed by atoms with E-state index in [1.165, 1.54) is 12.1 Å². The van der Waals surface area contributed by atoms with E-state index in [9.17, 15) is 22.8 Å². The summed E-state index contributed by atoms with van der Waals surface area (Å²) in [5, 5.41) is 0. The minimum absolute atomic E-state index is 0.0763. The van der Waals surface area contributed by atoms with Gasteiger partial charge in [0.05, 0.1) is 31.3 Å². The largest absolute Gasteiger partial charge is 0.494 e. The Morgan fingerprint density at radius 3 is 1.87 bits per heavy atom. The van der Waals surface area contributed by atoms with Crippen LogP contribution in [0.15, 0.2) is 36.4 Å². The Balaban J connectivity index is 2.40. The molecule has 31 heavy (non-hydrogen) atoms. The summed E-state index contributed by atoms with van der Waals surface area (Å²) in [4.78, 5) is 24.8. The first-order chi connectivity index (χ1) is 14.7. The summed E-state index contributed by atoms with van der Waals surface area (Å²) in [6, 6.07) is 7.40. The van der Waals surface area contributed by atoms with Crippen LogP contribution in [0.3, 0.4) is 0 Å². The van der Waals surface area contributed by atoms with Gasteiger partial charge in [0.15, 0.2) is 5.78 Å². The third-order valence-corrected chi connectivity index (χ3v) is 4.38. The van der Waals surface area contributed by atoms with E-state index in [0.29, 0.717) is 17.9 Å². The van der Waals surface area contributed by atoms with Gasteiger partial charge in [-0.2, -0.15) is 13.2 Å². The van der Waals surface area contributed by atoms with Crippen LogP contribution >= 0.6 is 0 Å². The highest BCUT2D eigenvalue weighted by Crippen LogP contribution is 2.37. The first-order valence-electron chi connectivity index (χ1n) is 9.89. The Morgan fingerprint density at radius 2 is 1.45 bits per heavy atom. The molecule has 0 bridgehead atoms. The molecule has 1 atom stereocenters. The first-order valence-corrected chi connectivity index (χ1v) is 9.89. The van der Waals surface area contributed by atoms with Crippen LogP contribution in [0.5, 0.6) is 17.2 Å². The number of carbonyl (C=O) groups is 1. The van der Waals surface area contributed by atoms with Crippen LogP contribution in [-0.2, 0) is 17.4 Å². The molecule has 1 radical (unpaired) electrons. The lowest BCUT2D eigenvalue weighted by atomic mass is 9.91. The van der Waals surface area contributed by atoms with Gasteiger partial charge in [0.25, 0.3) is 0 Å². The van der Waals surface area contributed by atoms with E-state index in [2.05, 4.69) is 0 Å². The van der Waals surface area contributed by atoms with Gasteiger partial charge < -0.3 is 14.2 Å². The number of alkyl halides is 3. The predicted octanol–water partition coefficient (Wildman–Crippen LogP) is 5.05. The van der Waals surface area contributed by atoms with E-state index in [4.69, 9.17) is 14.2 Å². The second kappa shape index (κ2) is 10.8. The lowest BCUT2D eigenvalue weighted by Gasteiger charge is -2.18. The van der Waals surface area contributed by atoms with Crippen LogP contribution in [0.4, 0.5) is 13.2 Å². The molecule has 2 aromatic carbocycles. The third-order valence-electron chi connectivity index (χ3n) is 4.38. The van der Waals surface area contributed by atoms with Gasteiger partial charge >= 0.3 is 6.18 Å². The monoisotopic (exact) mass is 437 g/mol. The van der Waals surface area contributed by atoms with Crippen LogP contribution in [-0.4, -0.2) is 31.9 Å². The summed E-state index contributed by atoms with van der Waals surface area (Å²) in [6.45, 7) is 6.21. The zero-order valence-electron chi connectivity index (χ0n) is 17.5. The summed E-state index contributed by atoms with van der Waals surface area (Å²) >= 11 is 0. The maximum Gasteiger partial charge on any atom is 0.416 e. The van der Waals surface area contributed by atoms with Gasteiger partial charge in [0.1, 0.15) is 22.8 Å². The summed E-state index contributed by atoms with van der Waals surface area (Å²) < 4.78 is 55.0. The SMILES string of the molecule is CCOc1cc(OCC)c(C(=O)C([C]=O)Cc2ccc(C(F)(F)F)cc2)c(OCC)c1. The highest BCUT2D eigenvalue weighted by atomic mass is 19.4. The maximum absolute atomic E-state index is 13.2. The molecule has 0 saturated carbocycles. The summed E-state index contributed by atoms with van der Waals surface area (Å²) in [5.41, 5.74) is -0.332. The molecule has 0 aliphatic heterocycles. The molecule has 167 valence electrons. The average Bonchev–Trinajstić information content (AvgIpc) is 2.72. The third kappa shape index (κ3) is 6.23. The van der Waals surface area contributed by atoms with Crippen LogP contribution in [0.25, 0.3) is 0 Å². The molecule has 2 rings (SSSR count). The Hall–Kier alpha value is -3.03. The van der Waals surface area contributed by atoms with E-state index in [1.807, 2.05) is 0 Å². The maximum atomic E-state index is 13.2. The Bertz CT molecular complexity index is 864. The lowest BCUT2D eigenvalue weighted by molar-refractivity contribution is -0.137. The van der Waals surface area contributed by atoms with E-state index in [-0.39, 0.29) is 36.7 Å². The van der Waals surface area contributed by atoms with Crippen molar-refractivity contribution in [1.82, 2.24) is 0 Å². The van der Waals surface area contributed by atoms with Gasteiger partial charge in [-0.1, -0.05) is 12.1 Å². The molecule has 0 aliphatic carbocycles. The zero-order valence-corrected chi connectivity index (χ0v) is 17.5. The number of hydrogen-bond acceptors (Lipinski definition) is 5. The Morgan fingerprint density at radius 1 is 0.935 bits per heavy atom. The molecule has 0 spiro atoms. The lowest BCUT2D eigenvalue weighted by Crippen LogP contribution is -2.21. The van der Waals surface area contributed by atoms with Crippen molar-refractivity contribution in [3.63, 3.8) is 0 Å². The number of ether oxygens (including phenoxy) is 3. The topological polar surface area (TPSA) is 61.8 Å². The van der Waals surface area contributed by atoms with E-state index < -0.39 is 23.4 Å². The van der Waals surface area contributed by atoms with Crippen molar-refractivity contribution in [3.8, 4) is 17.2 Å². The molecule has 8 heteroatoms. The van der Waals surface area contributed by atoms with Gasteiger partial charge in [-0.15, -0.1) is 0 Å². The smallest absolute Gasteiger partial charge is 0.416 e. The number of carbonyl (C=O) groups excluding carboxylic acids is 2. The number of rotatable bonds is 11. The van der Waals surface area contributed by atoms with E-state index in [1.54, 1.807) is 39.2 Å². The normalized spacial score (nSPS) is 12.2. The molecular weight excluding hydrogens is 413 g/mol. The minimum atomic E-state index is -4.47. The Kier molecular flexibility index (Phi) is 8.47. The fraction of sp³-hybridized carbons (Fsp3) is 0.391. The van der Waals surface area contributed by atoms with Gasteiger partial charge in [-0.3, -0.25) is 9.59 Å². The Labute approximate surface area is 179 Å². The number of benzene rings is 2. The van der Waals surface area contributed by atoms with Crippen molar-refractivity contribution >= 4 is 12.1 Å². The highest BCUT2D eigenvalue weighted by molar-refractivity contribution is 6.09. The van der Waals surface area contributed by atoms with Gasteiger partial charge in [-0.25, -0.2) is 0 Å². The molecule has 5 nitrogen and oxygen atoms in total. The van der Waals surface area contributed by atoms with Crippen molar-refractivity contribution in [1.29, 1.82) is 0 Å². The number of Topliss-reactive ketones (excluding diaryl/α,β-unsaturated/α-hetero) is 1. The molecule has 0 saturated heterocycles. The zero-order chi connectivity index (χ0) is 23.0. The summed E-state index contributed by atoms with van der Waals surface area (Å²) in [7, 11) is 0. The summed E-state index contributed by atoms with van der Waals surface area (Å²) in [6.07, 6.45) is -2.87. The van der Waals surface area contributed by atoms with Gasteiger partial charge in [0.2, 0.25) is 6.29 Å². The standard InChI is InChI=1S/C23H24F3O5/c1-4-29-18-12-19(30-5-2)21(20(13-18)31-6-3)22(28)16(14-27)11-15-7-9-17(10-8-15)23(24,25)26/h7-10,12-13,16H,4-6,11H2,1-3H3. The summed E-state index contributed by atoms with van der Waals surface area (Å²) in [5.74, 6) is -0.984. The molecule has 0 aromatic heterocycles. The molecule has 0 N–H and O–H groups in total. The predicted molar refractivity (Wildman–Crippen MR) is 109 cm³/mol. The fourth-order valence-corrected chi connectivity index (χ4v) is 3.02. The highest BCUT2D eigenvalue weighted by Gasteiger charge is 2.31. The quantitative estimate of drug-likeness (QED) is 0.364. The number of hydrogen-bond donors (Lipinski definition) is 0. The van der Waals surface area contributed by atoms with E-state index in [0.717, 1.165) is 12.1 Å². The van der Waals surface area contributed by atoms with Crippen LogP contribution < -0.4 is 14.2 Å². The fourth-order valence-electron chi connectivity index (χ4n) is 3.02. The number of halogens is 3. The van der Waals surface area contributed by atoms with Crippen molar-refractivity contribution in [3.05, 3.63) is 53.1 Å². The van der Waals surface area contributed by atoms with Crippen molar-refractivity contribution < 1.29 is 37.0 Å². The van der Waals surface area contributed by atoms with Crippen LogP contribution in [0.2, 0.25) is 0 Å². The van der Waals surface area contributed by atoms with Crippen molar-refractivity contribution in [2.75, 3.05) is 19.8 Å². The average molecular weight is 437 g/mol. The molecule has 1 unspecified atom stereocenters. The van der Waals surface area contributed by atoms with Crippen LogP contribution in [0.1, 0.15) is 42.3 Å². The van der Waals surface area contributed by atoms with Gasteiger partial charge in [-0.05, 0) is 44.9 Å². The second-order valence-corrected chi connectivity index (χ2v) is 6.53. The molecule has 2 aromatic rings. The van der Waals surface area contributed by atoms with Crippen molar-refractivity contribution in [2.45, 2.75) is 33.4 Å². The molecular formula is C23H24F3O5. The molecule has 0 amide bonds. The molecule has 0 heterocycles. The minimum Gasteiger partial charge on any atom is -0.494 e. The van der Waals surface area contributed by atoms with Gasteiger partial charge in [0, 0.05) is 12.1 Å². The number of ketones is 1. The second-order valence-electron chi connectivity index (χ2n) is 6.53.